The van der Waals surface area contributed by atoms with E-state index in [2.05, 4.69) is 10.0 Å². The molecule has 0 saturated carbocycles. The van der Waals surface area contributed by atoms with Crippen molar-refractivity contribution in [2.24, 2.45) is 0 Å². The molecule has 0 unspecified atom stereocenters. The average molecular weight is 452 g/mol. The van der Waals surface area contributed by atoms with Crippen LogP contribution in [0.4, 0.5) is 8.78 Å². The van der Waals surface area contributed by atoms with Crippen molar-refractivity contribution in [2.75, 3.05) is 6.61 Å². The van der Waals surface area contributed by atoms with Crippen LogP contribution < -0.4 is 10.0 Å². The number of amides is 1. The summed E-state index contributed by atoms with van der Waals surface area (Å²) in [5.74, 6) is -1.38. The fourth-order valence-electron chi connectivity index (χ4n) is 3.06. The summed E-state index contributed by atoms with van der Waals surface area (Å²) in [6.45, 7) is -0.472. The molecule has 166 valence electrons. The smallest absolute Gasteiger partial charge is 0.241 e. The summed E-state index contributed by atoms with van der Waals surface area (Å²) < 4.78 is 59.7. The molecule has 2 aromatic carbocycles. The maximum Gasteiger partial charge on any atom is 0.241 e. The van der Waals surface area contributed by atoms with Crippen LogP contribution in [0.1, 0.15) is 12.0 Å². The highest BCUT2D eigenvalue weighted by Gasteiger charge is 2.31. The van der Waals surface area contributed by atoms with Gasteiger partial charge in [-0.15, -0.1) is 0 Å². The molecule has 7 nitrogen and oxygen atoms in total. The summed E-state index contributed by atoms with van der Waals surface area (Å²) >= 11 is 0. The number of rotatable bonds is 8. The Kier molecular flexibility index (Phi) is 7.50. The summed E-state index contributed by atoms with van der Waals surface area (Å²) in [4.78, 5) is 12.0. The molecule has 3 atom stereocenters. The molecule has 3 rings (SSSR count). The van der Waals surface area contributed by atoms with Crippen molar-refractivity contribution in [2.45, 2.75) is 36.1 Å². The number of hydrogen-bond donors (Lipinski definition) is 3. The zero-order valence-corrected chi connectivity index (χ0v) is 17.2. The number of ether oxygens (including phenoxy) is 1. The van der Waals surface area contributed by atoms with Gasteiger partial charge in [-0.25, -0.2) is 21.9 Å². The first-order valence-electron chi connectivity index (χ1n) is 9.51. The number of benzene rings is 2. The van der Waals surface area contributed by atoms with Crippen molar-refractivity contribution in [1.29, 1.82) is 0 Å². The normalized spacial score (nSPS) is 21.1. The molecule has 31 heavy (non-hydrogen) atoms. The molecular formula is C21H22F2N2O5S. The second-order valence-electron chi connectivity index (χ2n) is 6.95. The molecule has 1 amide bonds. The number of carbonyl (C=O) groups excluding carboxylic acids is 1. The highest BCUT2D eigenvalue weighted by molar-refractivity contribution is 7.89. The van der Waals surface area contributed by atoms with Gasteiger partial charge in [-0.3, -0.25) is 4.79 Å². The monoisotopic (exact) mass is 452 g/mol. The number of sulfonamides is 1. The Morgan fingerprint density at radius 2 is 1.77 bits per heavy atom. The van der Waals surface area contributed by atoms with Crippen molar-refractivity contribution < 1.29 is 31.8 Å². The maximum atomic E-state index is 13.6. The van der Waals surface area contributed by atoms with Crippen LogP contribution >= 0.6 is 0 Å². The second-order valence-corrected chi connectivity index (χ2v) is 8.67. The van der Waals surface area contributed by atoms with Crippen LogP contribution in [0.15, 0.2) is 65.6 Å². The molecule has 1 aliphatic rings. The van der Waals surface area contributed by atoms with E-state index in [1.54, 1.807) is 18.2 Å². The fourth-order valence-corrected chi connectivity index (χ4v) is 4.28. The van der Waals surface area contributed by atoms with Crippen molar-refractivity contribution in [3.05, 3.63) is 77.9 Å². The van der Waals surface area contributed by atoms with Gasteiger partial charge in [0.05, 0.1) is 30.1 Å². The summed E-state index contributed by atoms with van der Waals surface area (Å²) in [5, 5.41) is 12.2. The maximum absolute atomic E-state index is 13.6. The van der Waals surface area contributed by atoms with Gasteiger partial charge in [-0.05, 0) is 30.3 Å². The van der Waals surface area contributed by atoms with Crippen LogP contribution in [0.2, 0.25) is 0 Å². The molecule has 0 fully saturated rings. The van der Waals surface area contributed by atoms with Gasteiger partial charge in [0, 0.05) is 12.1 Å². The van der Waals surface area contributed by atoms with Gasteiger partial charge in [0.1, 0.15) is 17.7 Å². The van der Waals surface area contributed by atoms with E-state index in [4.69, 9.17) is 4.74 Å². The molecule has 0 radical (unpaired) electrons. The minimum atomic E-state index is -3.98. The molecule has 0 aliphatic carbocycles. The zero-order valence-electron chi connectivity index (χ0n) is 16.4. The SMILES string of the molecule is O=C(C[C@H]1C=C[C@@H](NS(=O)(=O)c2ccc(F)cc2)[C@H](CO)O1)NCc1ccccc1F. The lowest BCUT2D eigenvalue weighted by atomic mass is 10.1. The highest BCUT2D eigenvalue weighted by Crippen LogP contribution is 2.19. The van der Waals surface area contributed by atoms with Crippen molar-refractivity contribution >= 4 is 15.9 Å². The number of aliphatic hydroxyl groups is 1. The number of carbonyl (C=O) groups is 1. The first-order chi connectivity index (χ1) is 14.8. The topological polar surface area (TPSA) is 105 Å². The molecule has 10 heteroatoms. The minimum Gasteiger partial charge on any atom is -0.394 e. The second kappa shape index (κ2) is 10.1. The molecule has 1 heterocycles. The average Bonchev–Trinajstić information content (AvgIpc) is 2.74. The molecule has 2 aromatic rings. The van der Waals surface area contributed by atoms with E-state index in [1.807, 2.05) is 0 Å². The van der Waals surface area contributed by atoms with E-state index in [0.717, 1.165) is 24.3 Å². The Labute approximate surface area is 178 Å². The van der Waals surface area contributed by atoms with Gasteiger partial charge in [-0.2, -0.15) is 0 Å². The summed E-state index contributed by atoms with van der Waals surface area (Å²) in [6, 6.07) is 9.51. The lowest BCUT2D eigenvalue weighted by Crippen LogP contribution is -2.49. The van der Waals surface area contributed by atoms with Crippen LogP contribution in [-0.2, 0) is 26.1 Å². The van der Waals surface area contributed by atoms with Gasteiger partial charge in [0.2, 0.25) is 15.9 Å². The largest absolute Gasteiger partial charge is 0.394 e. The molecular weight excluding hydrogens is 430 g/mol. The van der Waals surface area contributed by atoms with Gasteiger partial charge >= 0.3 is 0 Å². The predicted molar refractivity (Wildman–Crippen MR) is 108 cm³/mol. The van der Waals surface area contributed by atoms with Crippen LogP contribution in [-0.4, -0.2) is 44.3 Å². The summed E-state index contributed by atoms with van der Waals surface area (Å²) in [7, 11) is -3.98. The van der Waals surface area contributed by atoms with E-state index in [0.29, 0.717) is 5.56 Å². The number of nitrogens with one attached hydrogen (secondary N) is 2. The Morgan fingerprint density at radius 1 is 1.06 bits per heavy atom. The highest BCUT2D eigenvalue weighted by atomic mass is 32.2. The number of hydrogen-bond acceptors (Lipinski definition) is 5. The first-order valence-corrected chi connectivity index (χ1v) is 11.0. The molecule has 0 aromatic heterocycles. The van der Waals surface area contributed by atoms with Crippen molar-refractivity contribution in [3.8, 4) is 0 Å². The molecule has 3 N–H and O–H groups in total. The predicted octanol–water partition coefficient (Wildman–Crippen LogP) is 1.63. The van der Waals surface area contributed by atoms with Crippen molar-refractivity contribution in [1.82, 2.24) is 10.0 Å². The van der Waals surface area contributed by atoms with Gasteiger partial charge in [0.25, 0.3) is 0 Å². The summed E-state index contributed by atoms with van der Waals surface area (Å²) in [5.41, 5.74) is 0.347. The van der Waals surface area contributed by atoms with E-state index in [-0.39, 0.29) is 23.8 Å². The Hall–Kier alpha value is -2.66. The van der Waals surface area contributed by atoms with Crippen LogP contribution in [0, 0.1) is 11.6 Å². The number of halogens is 2. The van der Waals surface area contributed by atoms with Gasteiger partial charge in [0.15, 0.2) is 0 Å². The quantitative estimate of drug-likeness (QED) is 0.528. The zero-order chi connectivity index (χ0) is 22.4. The lowest BCUT2D eigenvalue weighted by molar-refractivity contribution is -0.125. The third kappa shape index (κ3) is 6.17. The van der Waals surface area contributed by atoms with Crippen LogP contribution in [0.3, 0.4) is 0 Å². The van der Waals surface area contributed by atoms with Crippen LogP contribution in [0.5, 0.6) is 0 Å². The third-order valence-electron chi connectivity index (χ3n) is 4.70. The molecule has 0 spiro atoms. The molecule has 0 saturated heterocycles. The Bertz CT molecular complexity index is 1040. The minimum absolute atomic E-state index is 0.0193. The Balaban J connectivity index is 1.59. The van der Waals surface area contributed by atoms with E-state index in [9.17, 15) is 27.1 Å². The molecule has 1 aliphatic heterocycles. The van der Waals surface area contributed by atoms with Crippen molar-refractivity contribution in [3.63, 3.8) is 0 Å². The first kappa shape index (κ1) is 23.0. The van der Waals surface area contributed by atoms with Gasteiger partial charge in [-0.1, -0.05) is 30.4 Å². The standard InChI is InChI=1S/C21H22F2N2O5S/c22-15-5-8-17(9-6-15)31(28,29)25-19-10-7-16(30-20(19)13-26)11-21(27)24-12-14-3-1-2-4-18(14)23/h1-10,16,19-20,25-26H,11-13H2,(H,24,27)/t16-,19-,20+/m1/s1. The third-order valence-corrected chi connectivity index (χ3v) is 6.17. The van der Waals surface area contributed by atoms with E-state index < -0.39 is 46.5 Å². The van der Waals surface area contributed by atoms with E-state index >= 15 is 0 Å². The van der Waals surface area contributed by atoms with Gasteiger partial charge < -0.3 is 15.2 Å². The van der Waals surface area contributed by atoms with E-state index in [1.165, 1.54) is 18.2 Å². The molecule has 0 bridgehead atoms. The fraction of sp³-hybridized carbons (Fsp3) is 0.286. The lowest BCUT2D eigenvalue weighted by Gasteiger charge is -2.31. The Morgan fingerprint density at radius 3 is 2.45 bits per heavy atom. The summed E-state index contributed by atoms with van der Waals surface area (Å²) in [6.07, 6.45) is 1.32. The number of aliphatic hydroxyl groups excluding tert-OH is 1. The van der Waals surface area contributed by atoms with Crippen LogP contribution in [0.25, 0.3) is 0 Å².